The van der Waals surface area contributed by atoms with Crippen LogP contribution in [0.3, 0.4) is 0 Å². The number of methoxy groups -OCH3 is 1. The first-order chi connectivity index (χ1) is 12.5. The molecule has 1 saturated heterocycles. The summed E-state index contributed by atoms with van der Waals surface area (Å²) in [5.41, 5.74) is 1.02. The molecule has 0 spiro atoms. The summed E-state index contributed by atoms with van der Waals surface area (Å²) >= 11 is 5.99. The fourth-order valence-corrected chi connectivity index (χ4v) is 3.17. The molecule has 1 unspecified atom stereocenters. The van der Waals surface area contributed by atoms with Gasteiger partial charge in [0.25, 0.3) is 11.7 Å². The minimum Gasteiger partial charge on any atom is -0.507 e. The van der Waals surface area contributed by atoms with Crippen LogP contribution < -0.4 is 0 Å². The Labute approximate surface area is 155 Å². The first kappa shape index (κ1) is 18.1. The molecule has 0 aliphatic carbocycles. The Morgan fingerprint density at radius 3 is 2.77 bits per heavy atom. The van der Waals surface area contributed by atoms with Crippen molar-refractivity contribution in [3.8, 4) is 0 Å². The lowest BCUT2D eigenvalue weighted by Crippen LogP contribution is -2.32. The molecule has 1 fully saturated rings. The smallest absolute Gasteiger partial charge is 0.295 e. The molecule has 7 heteroatoms. The van der Waals surface area contributed by atoms with E-state index in [2.05, 4.69) is 4.98 Å². The Hall–Kier alpha value is -2.70. The molecule has 0 bridgehead atoms. The largest absolute Gasteiger partial charge is 0.507 e. The van der Waals surface area contributed by atoms with Gasteiger partial charge in [-0.15, -0.1) is 0 Å². The molecule has 1 amide bonds. The molecular weight excluding hydrogens is 356 g/mol. The lowest BCUT2D eigenvalue weighted by molar-refractivity contribution is -0.140. The van der Waals surface area contributed by atoms with Crippen molar-refractivity contribution in [2.75, 3.05) is 20.3 Å². The number of carbonyl (C=O) groups is 2. The Balaban J connectivity index is 2.16. The minimum absolute atomic E-state index is 0.0152. The summed E-state index contributed by atoms with van der Waals surface area (Å²) in [4.78, 5) is 30.7. The summed E-state index contributed by atoms with van der Waals surface area (Å²) in [6.07, 6.45) is 3.17. The van der Waals surface area contributed by atoms with Crippen LogP contribution in [0, 0.1) is 0 Å². The van der Waals surface area contributed by atoms with Crippen LogP contribution in [0.2, 0.25) is 5.02 Å². The number of Topliss-reactive ketones (excluding diaryl/α,β-unsaturated/α-hetero) is 1. The Morgan fingerprint density at radius 2 is 2.12 bits per heavy atom. The van der Waals surface area contributed by atoms with Crippen molar-refractivity contribution in [2.24, 2.45) is 0 Å². The molecule has 1 N–H and O–H groups in total. The molecule has 0 radical (unpaired) electrons. The van der Waals surface area contributed by atoms with E-state index in [9.17, 15) is 14.7 Å². The van der Waals surface area contributed by atoms with Crippen molar-refractivity contribution in [3.05, 3.63) is 70.5 Å². The molecule has 26 heavy (non-hydrogen) atoms. The quantitative estimate of drug-likeness (QED) is 0.496. The van der Waals surface area contributed by atoms with E-state index in [0.717, 1.165) is 0 Å². The van der Waals surface area contributed by atoms with Crippen LogP contribution in [0.5, 0.6) is 0 Å². The van der Waals surface area contributed by atoms with Gasteiger partial charge in [-0.1, -0.05) is 29.8 Å². The van der Waals surface area contributed by atoms with Gasteiger partial charge in [0.1, 0.15) is 5.76 Å². The van der Waals surface area contributed by atoms with Crippen molar-refractivity contribution in [3.63, 3.8) is 0 Å². The van der Waals surface area contributed by atoms with Crippen LogP contribution in [0.1, 0.15) is 17.2 Å². The third-order valence-corrected chi connectivity index (χ3v) is 4.41. The molecule has 2 heterocycles. The standard InChI is InChI=1S/C19H17ClN2O4/c1-26-9-8-22-16(13-5-3-7-21-11-13)15(18(24)19(22)25)17(23)12-4-2-6-14(20)10-12/h2-7,10-11,16,23H,8-9H2,1H3/b17-15-. The maximum absolute atomic E-state index is 12.7. The van der Waals surface area contributed by atoms with Gasteiger partial charge in [0, 0.05) is 36.6 Å². The Morgan fingerprint density at radius 1 is 1.31 bits per heavy atom. The lowest BCUT2D eigenvalue weighted by atomic mass is 9.96. The van der Waals surface area contributed by atoms with Gasteiger partial charge in [-0.25, -0.2) is 0 Å². The zero-order valence-electron chi connectivity index (χ0n) is 14.1. The number of hydrogen-bond acceptors (Lipinski definition) is 5. The lowest BCUT2D eigenvalue weighted by Gasteiger charge is -2.24. The Kier molecular flexibility index (Phi) is 5.35. The van der Waals surface area contributed by atoms with E-state index in [0.29, 0.717) is 16.1 Å². The maximum Gasteiger partial charge on any atom is 0.295 e. The summed E-state index contributed by atoms with van der Waals surface area (Å²) < 4.78 is 5.05. The van der Waals surface area contributed by atoms with Crippen molar-refractivity contribution >= 4 is 29.1 Å². The van der Waals surface area contributed by atoms with Crippen molar-refractivity contribution < 1.29 is 19.4 Å². The highest BCUT2D eigenvalue weighted by molar-refractivity contribution is 6.46. The molecule has 1 aliphatic heterocycles. The second-order valence-electron chi connectivity index (χ2n) is 5.78. The number of carbonyl (C=O) groups excluding carboxylic acids is 2. The molecular formula is C19H17ClN2O4. The number of aliphatic hydroxyl groups is 1. The van der Waals surface area contributed by atoms with Crippen molar-refractivity contribution in [2.45, 2.75) is 6.04 Å². The van der Waals surface area contributed by atoms with E-state index in [4.69, 9.17) is 16.3 Å². The number of halogens is 1. The van der Waals surface area contributed by atoms with Gasteiger partial charge < -0.3 is 14.7 Å². The van der Waals surface area contributed by atoms with E-state index < -0.39 is 17.7 Å². The van der Waals surface area contributed by atoms with Crippen LogP contribution in [-0.4, -0.2) is 46.9 Å². The van der Waals surface area contributed by atoms with Gasteiger partial charge in [0.15, 0.2) is 0 Å². The summed E-state index contributed by atoms with van der Waals surface area (Å²) in [5, 5.41) is 11.2. The van der Waals surface area contributed by atoms with E-state index in [1.807, 2.05) is 0 Å². The van der Waals surface area contributed by atoms with Crippen LogP contribution in [0.25, 0.3) is 5.76 Å². The van der Waals surface area contributed by atoms with Gasteiger partial charge >= 0.3 is 0 Å². The molecule has 1 atom stereocenters. The number of hydrogen-bond donors (Lipinski definition) is 1. The van der Waals surface area contributed by atoms with Crippen LogP contribution >= 0.6 is 11.6 Å². The molecule has 6 nitrogen and oxygen atoms in total. The van der Waals surface area contributed by atoms with E-state index >= 15 is 0 Å². The number of rotatable bonds is 5. The third kappa shape index (κ3) is 3.34. The summed E-state index contributed by atoms with van der Waals surface area (Å²) in [7, 11) is 1.52. The van der Waals surface area contributed by atoms with Crippen LogP contribution in [0.15, 0.2) is 54.4 Å². The van der Waals surface area contributed by atoms with E-state index in [-0.39, 0.29) is 24.5 Å². The molecule has 134 valence electrons. The first-order valence-electron chi connectivity index (χ1n) is 7.97. The summed E-state index contributed by atoms with van der Waals surface area (Å²) in [5.74, 6) is -1.69. The van der Waals surface area contributed by atoms with Gasteiger partial charge in [-0.2, -0.15) is 0 Å². The number of ether oxygens (including phenoxy) is 1. The van der Waals surface area contributed by atoms with Gasteiger partial charge in [-0.3, -0.25) is 14.6 Å². The first-order valence-corrected chi connectivity index (χ1v) is 8.35. The summed E-state index contributed by atoms with van der Waals surface area (Å²) in [6.45, 7) is 0.480. The second-order valence-corrected chi connectivity index (χ2v) is 6.22. The highest BCUT2D eigenvalue weighted by Gasteiger charge is 2.45. The average molecular weight is 373 g/mol. The molecule has 0 saturated carbocycles. The highest BCUT2D eigenvalue weighted by atomic mass is 35.5. The molecule has 1 aliphatic rings. The number of nitrogens with zero attached hydrogens (tertiary/aromatic N) is 2. The Bertz CT molecular complexity index is 867. The second kappa shape index (κ2) is 7.68. The number of amides is 1. The number of aliphatic hydroxyl groups excluding tert-OH is 1. The zero-order valence-corrected chi connectivity index (χ0v) is 14.8. The number of likely N-dealkylation sites (tertiary alicyclic amines) is 1. The van der Waals surface area contributed by atoms with Crippen LogP contribution in [0.4, 0.5) is 0 Å². The van der Waals surface area contributed by atoms with E-state index in [1.165, 1.54) is 12.0 Å². The minimum atomic E-state index is -0.743. The summed E-state index contributed by atoms with van der Waals surface area (Å²) in [6, 6.07) is 9.23. The van der Waals surface area contributed by atoms with Gasteiger partial charge in [-0.05, 0) is 23.8 Å². The molecule has 1 aromatic carbocycles. The SMILES string of the molecule is COCCN1C(=O)C(=O)/C(=C(\O)c2cccc(Cl)c2)C1c1cccnc1. The van der Waals surface area contributed by atoms with Gasteiger partial charge in [0.05, 0.1) is 18.2 Å². The number of benzene rings is 1. The van der Waals surface area contributed by atoms with E-state index in [1.54, 1.807) is 48.8 Å². The topological polar surface area (TPSA) is 79.7 Å². The molecule has 1 aromatic heterocycles. The normalized spacial score (nSPS) is 19.2. The number of pyridine rings is 1. The fourth-order valence-electron chi connectivity index (χ4n) is 2.98. The highest BCUT2D eigenvalue weighted by Crippen LogP contribution is 2.39. The third-order valence-electron chi connectivity index (χ3n) is 4.17. The van der Waals surface area contributed by atoms with Crippen LogP contribution in [-0.2, 0) is 14.3 Å². The van der Waals surface area contributed by atoms with Crippen molar-refractivity contribution in [1.82, 2.24) is 9.88 Å². The van der Waals surface area contributed by atoms with Gasteiger partial charge in [0.2, 0.25) is 0 Å². The number of ketones is 1. The predicted molar refractivity (Wildman–Crippen MR) is 96.6 cm³/mol. The maximum atomic E-state index is 12.7. The fraction of sp³-hybridized carbons (Fsp3) is 0.211. The molecule has 3 rings (SSSR count). The monoisotopic (exact) mass is 372 g/mol. The van der Waals surface area contributed by atoms with Crippen molar-refractivity contribution in [1.29, 1.82) is 0 Å². The predicted octanol–water partition coefficient (Wildman–Crippen LogP) is 2.80. The number of aromatic nitrogens is 1. The average Bonchev–Trinajstić information content (AvgIpc) is 2.91. The zero-order chi connectivity index (χ0) is 18.7. The molecule has 2 aromatic rings.